The van der Waals surface area contributed by atoms with E-state index in [1.165, 1.54) is 12.8 Å². The Balaban J connectivity index is 2.04. The zero-order chi connectivity index (χ0) is 10.8. The lowest BCUT2D eigenvalue weighted by atomic mass is 10.1. The molecule has 2 N–H and O–H groups in total. The molecule has 1 aromatic carbocycles. The van der Waals surface area contributed by atoms with Gasteiger partial charge < -0.3 is 10.5 Å². The van der Waals surface area contributed by atoms with Crippen LogP contribution in [0.4, 0.5) is 0 Å². The fourth-order valence-corrected chi connectivity index (χ4v) is 1.92. The van der Waals surface area contributed by atoms with Gasteiger partial charge >= 0.3 is 0 Å². The Morgan fingerprint density at radius 3 is 2.80 bits per heavy atom. The first-order valence-corrected chi connectivity index (χ1v) is 6.14. The lowest BCUT2D eigenvalue weighted by Crippen LogP contribution is -2.05. The van der Waals surface area contributed by atoms with Crippen LogP contribution in [0.2, 0.25) is 0 Å². The summed E-state index contributed by atoms with van der Waals surface area (Å²) in [6.07, 6.45) is 2.63. The third-order valence-electron chi connectivity index (χ3n) is 2.65. The summed E-state index contributed by atoms with van der Waals surface area (Å²) in [7, 11) is 0. The van der Waals surface area contributed by atoms with Crippen molar-refractivity contribution in [2.45, 2.75) is 25.8 Å². The van der Waals surface area contributed by atoms with Gasteiger partial charge in [-0.15, -0.1) is 0 Å². The Hall–Kier alpha value is -0.540. The van der Waals surface area contributed by atoms with Crippen molar-refractivity contribution in [2.75, 3.05) is 6.61 Å². The van der Waals surface area contributed by atoms with Gasteiger partial charge in [-0.3, -0.25) is 0 Å². The smallest absolute Gasteiger partial charge is 0.133 e. The van der Waals surface area contributed by atoms with Gasteiger partial charge in [0.1, 0.15) is 5.75 Å². The van der Waals surface area contributed by atoms with Gasteiger partial charge in [0.15, 0.2) is 0 Å². The van der Waals surface area contributed by atoms with Crippen molar-refractivity contribution in [2.24, 2.45) is 11.7 Å². The van der Waals surface area contributed by atoms with E-state index in [-0.39, 0.29) is 6.04 Å². The summed E-state index contributed by atoms with van der Waals surface area (Å²) in [5, 5.41) is 0. The van der Waals surface area contributed by atoms with E-state index in [2.05, 4.69) is 15.9 Å². The number of ether oxygens (including phenoxy) is 1. The van der Waals surface area contributed by atoms with E-state index in [1.54, 1.807) is 0 Å². The van der Waals surface area contributed by atoms with Crippen LogP contribution in [0.1, 0.15) is 31.4 Å². The summed E-state index contributed by atoms with van der Waals surface area (Å²) in [5.41, 5.74) is 6.93. The standard InChI is InChI=1S/C12H16BrNO/c1-8(14)10-4-5-12(11(13)6-10)15-7-9-2-3-9/h4-6,8-9H,2-3,7,14H2,1H3/t8-/m0/s1. The molecule has 0 heterocycles. The van der Waals surface area contributed by atoms with Crippen LogP contribution in [0.3, 0.4) is 0 Å². The van der Waals surface area contributed by atoms with E-state index < -0.39 is 0 Å². The zero-order valence-corrected chi connectivity index (χ0v) is 10.5. The molecule has 1 aliphatic carbocycles. The topological polar surface area (TPSA) is 35.2 Å². The monoisotopic (exact) mass is 269 g/mol. The molecule has 1 aromatic rings. The van der Waals surface area contributed by atoms with E-state index in [4.69, 9.17) is 10.5 Å². The molecule has 0 aliphatic heterocycles. The minimum Gasteiger partial charge on any atom is -0.492 e. The molecule has 1 saturated carbocycles. The molecule has 3 heteroatoms. The lowest BCUT2D eigenvalue weighted by Gasteiger charge is -2.11. The van der Waals surface area contributed by atoms with Gasteiger partial charge in [-0.1, -0.05) is 6.07 Å². The molecule has 2 nitrogen and oxygen atoms in total. The molecule has 0 aromatic heterocycles. The normalized spacial score (nSPS) is 17.5. The number of halogens is 1. The third kappa shape index (κ3) is 2.95. The predicted molar refractivity (Wildman–Crippen MR) is 65.0 cm³/mol. The molecule has 2 rings (SSSR count). The number of rotatable bonds is 4. The van der Waals surface area contributed by atoms with Crippen molar-refractivity contribution in [1.82, 2.24) is 0 Å². The molecular formula is C12H16BrNO. The van der Waals surface area contributed by atoms with Crippen LogP contribution in [0, 0.1) is 5.92 Å². The number of nitrogens with two attached hydrogens (primary N) is 1. The second-order valence-corrected chi connectivity index (χ2v) is 5.09. The second-order valence-electron chi connectivity index (χ2n) is 4.23. The number of hydrogen-bond acceptors (Lipinski definition) is 2. The molecule has 82 valence electrons. The van der Waals surface area contributed by atoms with Crippen LogP contribution in [0.25, 0.3) is 0 Å². The maximum absolute atomic E-state index is 5.80. The first kappa shape index (κ1) is 11.0. The molecule has 1 atom stereocenters. The van der Waals surface area contributed by atoms with E-state index >= 15 is 0 Å². The van der Waals surface area contributed by atoms with E-state index in [1.807, 2.05) is 25.1 Å². The van der Waals surface area contributed by atoms with Crippen molar-refractivity contribution < 1.29 is 4.74 Å². The van der Waals surface area contributed by atoms with Gasteiger partial charge in [-0.2, -0.15) is 0 Å². The molecular weight excluding hydrogens is 254 g/mol. The number of benzene rings is 1. The van der Waals surface area contributed by atoms with Gasteiger partial charge in [0.2, 0.25) is 0 Å². The molecule has 0 spiro atoms. The molecule has 1 aliphatic rings. The quantitative estimate of drug-likeness (QED) is 0.911. The Morgan fingerprint density at radius 2 is 2.27 bits per heavy atom. The largest absolute Gasteiger partial charge is 0.492 e. The summed E-state index contributed by atoms with van der Waals surface area (Å²) < 4.78 is 6.71. The van der Waals surface area contributed by atoms with Gasteiger partial charge in [-0.25, -0.2) is 0 Å². The van der Waals surface area contributed by atoms with Gasteiger partial charge in [0.25, 0.3) is 0 Å². The molecule has 0 bridgehead atoms. The van der Waals surface area contributed by atoms with Crippen molar-refractivity contribution >= 4 is 15.9 Å². The van der Waals surface area contributed by atoms with Crippen LogP contribution in [0.15, 0.2) is 22.7 Å². The fraction of sp³-hybridized carbons (Fsp3) is 0.500. The highest BCUT2D eigenvalue weighted by molar-refractivity contribution is 9.10. The highest BCUT2D eigenvalue weighted by Crippen LogP contribution is 2.32. The average Bonchev–Trinajstić information content (AvgIpc) is 2.99. The molecule has 0 unspecified atom stereocenters. The first-order chi connectivity index (χ1) is 7.16. The second kappa shape index (κ2) is 4.54. The summed E-state index contributed by atoms with van der Waals surface area (Å²) in [5.74, 6) is 1.70. The molecule has 1 fully saturated rings. The Morgan fingerprint density at radius 1 is 1.53 bits per heavy atom. The summed E-state index contributed by atoms with van der Waals surface area (Å²) in [4.78, 5) is 0. The summed E-state index contributed by atoms with van der Waals surface area (Å²) >= 11 is 3.51. The Labute approximate surface area is 98.9 Å². The minimum atomic E-state index is 0.0683. The molecule has 15 heavy (non-hydrogen) atoms. The van der Waals surface area contributed by atoms with Gasteiger partial charge in [0.05, 0.1) is 11.1 Å². The molecule has 0 amide bonds. The van der Waals surface area contributed by atoms with E-state index in [9.17, 15) is 0 Å². The number of hydrogen-bond donors (Lipinski definition) is 1. The maximum Gasteiger partial charge on any atom is 0.133 e. The van der Waals surface area contributed by atoms with Crippen molar-refractivity contribution in [3.8, 4) is 5.75 Å². The summed E-state index contributed by atoms with van der Waals surface area (Å²) in [6, 6.07) is 6.12. The fourth-order valence-electron chi connectivity index (χ4n) is 1.41. The van der Waals surface area contributed by atoms with Crippen LogP contribution in [-0.2, 0) is 0 Å². The van der Waals surface area contributed by atoms with E-state index in [0.717, 1.165) is 28.3 Å². The summed E-state index contributed by atoms with van der Waals surface area (Å²) in [6.45, 7) is 2.82. The third-order valence-corrected chi connectivity index (χ3v) is 3.27. The Kier molecular flexibility index (Phi) is 3.32. The predicted octanol–water partition coefficient (Wildman–Crippen LogP) is 3.26. The molecule has 0 radical (unpaired) electrons. The lowest BCUT2D eigenvalue weighted by molar-refractivity contribution is 0.298. The van der Waals surface area contributed by atoms with Crippen LogP contribution in [-0.4, -0.2) is 6.61 Å². The zero-order valence-electron chi connectivity index (χ0n) is 8.87. The average molecular weight is 270 g/mol. The van der Waals surface area contributed by atoms with Crippen molar-refractivity contribution in [3.63, 3.8) is 0 Å². The highest BCUT2D eigenvalue weighted by Gasteiger charge is 2.22. The van der Waals surface area contributed by atoms with Gasteiger partial charge in [0, 0.05) is 6.04 Å². The first-order valence-electron chi connectivity index (χ1n) is 5.34. The van der Waals surface area contributed by atoms with Crippen LogP contribution < -0.4 is 10.5 Å². The molecule has 0 saturated heterocycles. The van der Waals surface area contributed by atoms with Crippen LogP contribution >= 0.6 is 15.9 Å². The van der Waals surface area contributed by atoms with Crippen molar-refractivity contribution in [1.29, 1.82) is 0 Å². The van der Waals surface area contributed by atoms with E-state index in [0.29, 0.717) is 0 Å². The highest BCUT2D eigenvalue weighted by atomic mass is 79.9. The SMILES string of the molecule is C[C@H](N)c1ccc(OCC2CC2)c(Br)c1. The van der Waals surface area contributed by atoms with Crippen LogP contribution in [0.5, 0.6) is 5.75 Å². The minimum absolute atomic E-state index is 0.0683. The maximum atomic E-state index is 5.80. The van der Waals surface area contributed by atoms with Crippen molar-refractivity contribution in [3.05, 3.63) is 28.2 Å². The van der Waals surface area contributed by atoms with Gasteiger partial charge in [-0.05, 0) is 59.3 Å². The Bertz CT molecular complexity index is 347.